The van der Waals surface area contributed by atoms with Crippen molar-refractivity contribution in [3.05, 3.63) is 65.6 Å². The van der Waals surface area contributed by atoms with Crippen LogP contribution in [0.3, 0.4) is 0 Å². The van der Waals surface area contributed by atoms with Crippen LogP contribution < -0.4 is 4.90 Å². The van der Waals surface area contributed by atoms with Gasteiger partial charge in [-0.3, -0.25) is 0 Å². The van der Waals surface area contributed by atoms with Crippen molar-refractivity contribution < 1.29 is 9.13 Å². The second kappa shape index (κ2) is 6.17. The van der Waals surface area contributed by atoms with Crippen molar-refractivity contribution in [2.75, 3.05) is 24.6 Å². The highest BCUT2D eigenvalue weighted by molar-refractivity contribution is 5.76. The highest BCUT2D eigenvalue weighted by Gasteiger charge is 2.24. The first kappa shape index (κ1) is 15.0. The molecule has 24 heavy (non-hydrogen) atoms. The third kappa shape index (κ3) is 2.83. The molecule has 4 nitrogen and oxygen atoms in total. The van der Waals surface area contributed by atoms with E-state index in [0.29, 0.717) is 13.2 Å². The number of aromatic nitrogens is 2. The molecule has 1 aliphatic heterocycles. The quantitative estimate of drug-likeness (QED) is 0.721. The second-order valence-corrected chi connectivity index (χ2v) is 5.98. The summed E-state index contributed by atoms with van der Waals surface area (Å²) in [5.74, 6) is 0.659. The number of para-hydroxylation sites is 2. The van der Waals surface area contributed by atoms with Crippen LogP contribution in [0.1, 0.15) is 17.4 Å². The van der Waals surface area contributed by atoms with E-state index >= 15 is 0 Å². The summed E-state index contributed by atoms with van der Waals surface area (Å²) in [6.07, 6.45) is -0.0907. The highest BCUT2D eigenvalue weighted by Crippen LogP contribution is 2.27. The average Bonchev–Trinajstić information content (AvgIpc) is 2.62. The number of nitrogens with zero attached hydrogens (tertiary/aromatic N) is 3. The van der Waals surface area contributed by atoms with E-state index in [1.165, 1.54) is 12.1 Å². The van der Waals surface area contributed by atoms with Crippen LogP contribution >= 0.6 is 0 Å². The molecule has 1 atom stereocenters. The van der Waals surface area contributed by atoms with E-state index in [1.54, 1.807) is 12.1 Å². The first-order valence-electron chi connectivity index (χ1n) is 8.06. The summed E-state index contributed by atoms with van der Waals surface area (Å²) in [7, 11) is 0. The lowest BCUT2D eigenvalue weighted by Crippen LogP contribution is -2.39. The molecule has 2 aromatic carbocycles. The van der Waals surface area contributed by atoms with Gasteiger partial charge in [-0.15, -0.1) is 0 Å². The molecular formula is C19H18FN3O. The van der Waals surface area contributed by atoms with E-state index in [2.05, 4.69) is 9.88 Å². The van der Waals surface area contributed by atoms with Crippen LogP contribution in [0.15, 0.2) is 48.5 Å². The molecule has 0 amide bonds. The monoisotopic (exact) mass is 323 g/mol. The van der Waals surface area contributed by atoms with Gasteiger partial charge in [0.2, 0.25) is 0 Å². The highest BCUT2D eigenvalue weighted by atomic mass is 19.1. The van der Waals surface area contributed by atoms with Crippen LogP contribution in [-0.2, 0) is 4.74 Å². The van der Waals surface area contributed by atoms with E-state index in [-0.39, 0.29) is 11.9 Å². The fraction of sp³-hybridized carbons (Fsp3) is 0.263. The molecule has 0 N–H and O–H groups in total. The maximum atomic E-state index is 13.1. The minimum absolute atomic E-state index is 0.0907. The van der Waals surface area contributed by atoms with Gasteiger partial charge in [-0.2, -0.15) is 0 Å². The van der Waals surface area contributed by atoms with Crippen molar-refractivity contribution in [2.24, 2.45) is 0 Å². The molecule has 0 aliphatic carbocycles. The molecular weight excluding hydrogens is 305 g/mol. The largest absolute Gasteiger partial charge is 0.370 e. The lowest BCUT2D eigenvalue weighted by atomic mass is 10.1. The molecule has 122 valence electrons. The Morgan fingerprint density at radius 2 is 1.75 bits per heavy atom. The summed E-state index contributed by atoms with van der Waals surface area (Å²) in [5.41, 5.74) is 3.69. The predicted octanol–water partition coefficient (Wildman–Crippen LogP) is 3.66. The van der Waals surface area contributed by atoms with Crippen molar-refractivity contribution in [2.45, 2.75) is 13.0 Å². The van der Waals surface area contributed by atoms with Gasteiger partial charge >= 0.3 is 0 Å². The Kier molecular flexibility index (Phi) is 3.86. The number of halogens is 1. The molecule has 0 spiro atoms. The number of hydrogen-bond donors (Lipinski definition) is 0. The fourth-order valence-electron chi connectivity index (χ4n) is 3.10. The fourth-order valence-corrected chi connectivity index (χ4v) is 3.10. The number of benzene rings is 2. The molecule has 0 bridgehead atoms. The zero-order valence-corrected chi connectivity index (χ0v) is 13.4. The summed E-state index contributed by atoms with van der Waals surface area (Å²) in [6.45, 7) is 4.04. The predicted molar refractivity (Wildman–Crippen MR) is 91.6 cm³/mol. The molecule has 3 aromatic rings. The molecule has 0 radical (unpaired) electrons. The Morgan fingerprint density at radius 3 is 2.50 bits per heavy atom. The topological polar surface area (TPSA) is 38.2 Å². The van der Waals surface area contributed by atoms with Gasteiger partial charge < -0.3 is 9.64 Å². The third-order valence-corrected chi connectivity index (χ3v) is 4.33. The van der Waals surface area contributed by atoms with Crippen molar-refractivity contribution in [3.8, 4) is 0 Å². The molecule has 1 fully saturated rings. The minimum Gasteiger partial charge on any atom is -0.370 e. The number of ether oxygens (including phenoxy) is 1. The van der Waals surface area contributed by atoms with Gasteiger partial charge in [-0.1, -0.05) is 24.3 Å². The summed E-state index contributed by atoms with van der Waals surface area (Å²) in [5, 5.41) is 0. The molecule has 1 aliphatic rings. The molecule has 5 heteroatoms. The summed E-state index contributed by atoms with van der Waals surface area (Å²) < 4.78 is 19.0. The number of rotatable bonds is 2. The van der Waals surface area contributed by atoms with E-state index in [4.69, 9.17) is 9.72 Å². The van der Waals surface area contributed by atoms with Crippen LogP contribution in [0.25, 0.3) is 11.0 Å². The van der Waals surface area contributed by atoms with E-state index in [0.717, 1.165) is 34.7 Å². The molecule has 0 saturated carbocycles. The lowest BCUT2D eigenvalue weighted by molar-refractivity contribution is 0.0394. The number of fused-ring (bicyclic) bond motifs is 1. The first-order valence-corrected chi connectivity index (χ1v) is 8.06. The summed E-state index contributed by atoms with van der Waals surface area (Å²) >= 11 is 0. The molecule has 0 unspecified atom stereocenters. The van der Waals surface area contributed by atoms with Gasteiger partial charge in [0.25, 0.3) is 0 Å². The Morgan fingerprint density at radius 1 is 1.04 bits per heavy atom. The number of hydrogen-bond acceptors (Lipinski definition) is 4. The standard InChI is InChI=1S/C19H18FN3O/c1-13-19(22-17-5-3-2-4-16(17)21-13)23-10-11-24-18(12-23)14-6-8-15(20)9-7-14/h2-9,18H,10-12H2,1H3/t18-/m0/s1. The summed E-state index contributed by atoms with van der Waals surface area (Å²) in [4.78, 5) is 11.7. The molecule has 1 aromatic heterocycles. The van der Waals surface area contributed by atoms with E-state index in [1.807, 2.05) is 31.2 Å². The SMILES string of the molecule is Cc1nc2ccccc2nc1N1CCO[C@H](c2ccc(F)cc2)C1. The number of aryl methyl sites for hydroxylation is 1. The van der Waals surface area contributed by atoms with Crippen molar-refractivity contribution in [1.29, 1.82) is 0 Å². The van der Waals surface area contributed by atoms with Gasteiger partial charge in [0.15, 0.2) is 5.82 Å². The third-order valence-electron chi connectivity index (χ3n) is 4.33. The molecule has 1 saturated heterocycles. The van der Waals surface area contributed by atoms with E-state index < -0.39 is 0 Å². The van der Waals surface area contributed by atoms with Crippen molar-refractivity contribution in [3.63, 3.8) is 0 Å². The van der Waals surface area contributed by atoms with Gasteiger partial charge in [0.05, 0.1) is 23.3 Å². The van der Waals surface area contributed by atoms with Crippen LogP contribution in [0.5, 0.6) is 0 Å². The first-order chi connectivity index (χ1) is 11.7. The van der Waals surface area contributed by atoms with Crippen molar-refractivity contribution in [1.82, 2.24) is 9.97 Å². The zero-order valence-electron chi connectivity index (χ0n) is 13.4. The van der Waals surface area contributed by atoms with E-state index in [9.17, 15) is 4.39 Å². The molecule has 4 rings (SSSR count). The Bertz CT molecular complexity index is 866. The smallest absolute Gasteiger partial charge is 0.150 e. The zero-order chi connectivity index (χ0) is 16.5. The van der Waals surface area contributed by atoms with Crippen LogP contribution in [0, 0.1) is 12.7 Å². The van der Waals surface area contributed by atoms with Crippen LogP contribution in [0.4, 0.5) is 10.2 Å². The van der Waals surface area contributed by atoms with Gasteiger partial charge in [-0.05, 0) is 36.8 Å². The number of morpholine rings is 1. The van der Waals surface area contributed by atoms with Gasteiger partial charge in [-0.25, -0.2) is 14.4 Å². The van der Waals surface area contributed by atoms with Crippen molar-refractivity contribution >= 4 is 16.9 Å². The average molecular weight is 323 g/mol. The second-order valence-electron chi connectivity index (χ2n) is 5.98. The minimum atomic E-state index is -0.234. The maximum Gasteiger partial charge on any atom is 0.150 e. The number of anilines is 1. The Hall–Kier alpha value is -2.53. The Balaban J connectivity index is 1.64. The lowest BCUT2D eigenvalue weighted by Gasteiger charge is -2.34. The Labute approximate surface area is 139 Å². The van der Waals surface area contributed by atoms with Gasteiger partial charge in [0, 0.05) is 13.1 Å². The normalized spacial score (nSPS) is 18.1. The van der Waals surface area contributed by atoms with Gasteiger partial charge in [0.1, 0.15) is 11.9 Å². The maximum absolute atomic E-state index is 13.1. The molecule has 2 heterocycles. The van der Waals surface area contributed by atoms with Crippen LogP contribution in [0.2, 0.25) is 0 Å². The summed E-state index contributed by atoms with van der Waals surface area (Å²) in [6, 6.07) is 14.4. The van der Waals surface area contributed by atoms with Crippen LogP contribution in [-0.4, -0.2) is 29.7 Å².